The summed E-state index contributed by atoms with van der Waals surface area (Å²) >= 11 is 0. The van der Waals surface area contributed by atoms with Gasteiger partial charge in [-0.15, -0.1) is 0 Å². The van der Waals surface area contributed by atoms with Crippen LogP contribution in [0.15, 0.2) is 67.3 Å². The summed E-state index contributed by atoms with van der Waals surface area (Å²) in [6.07, 6.45) is 10.3. The van der Waals surface area contributed by atoms with Crippen LogP contribution in [0.4, 0.5) is 8.78 Å². The Morgan fingerprint density at radius 2 is 1.83 bits per heavy atom. The van der Waals surface area contributed by atoms with Crippen molar-refractivity contribution in [1.82, 2.24) is 24.1 Å². The number of benzene rings is 1. The first-order chi connectivity index (χ1) is 17.5. The molecular formula is C28H25F2N5O. The van der Waals surface area contributed by atoms with Crippen LogP contribution in [-0.2, 0) is 18.2 Å². The number of rotatable bonds is 5. The fraction of sp³-hybridized carbons (Fsp3) is 0.250. The number of halogens is 2. The van der Waals surface area contributed by atoms with E-state index in [1.54, 1.807) is 4.68 Å². The summed E-state index contributed by atoms with van der Waals surface area (Å²) in [6, 6.07) is 11.6. The van der Waals surface area contributed by atoms with Gasteiger partial charge in [-0.05, 0) is 67.1 Å². The molecule has 0 aliphatic carbocycles. The van der Waals surface area contributed by atoms with Gasteiger partial charge in [0, 0.05) is 61.1 Å². The topological polar surface area (TPSA) is 57.2 Å². The molecule has 0 atom stereocenters. The summed E-state index contributed by atoms with van der Waals surface area (Å²) in [6.45, 7) is 1.49. The Morgan fingerprint density at radius 1 is 0.972 bits per heavy atom. The minimum Gasteiger partial charge on any atom is -0.381 e. The fourth-order valence-corrected chi connectivity index (χ4v) is 4.87. The highest BCUT2D eigenvalue weighted by molar-refractivity contribution is 5.73. The molecule has 5 aromatic rings. The van der Waals surface area contributed by atoms with E-state index in [1.165, 1.54) is 12.1 Å². The zero-order chi connectivity index (χ0) is 24.6. The molecule has 4 aromatic heterocycles. The van der Waals surface area contributed by atoms with Gasteiger partial charge in [-0.1, -0.05) is 0 Å². The van der Waals surface area contributed by atoms with Gasteiger partial charge < -0.3 is 4.74 Å². The van der Waals surface area contributed by atoms with E-state index in [0.29, 0.717) is 11.6 Å². The third-order valence-electron chi connectivity index (χ3n) is 6.77. The number of aryl methyl sites for hydroxylation is 1. The second-order valence-corrected chi connectivity index (χ2v) is 9.31. The first-order valence-corrected chi connectivity index (χ1v) is 12.0. The SMILES string of the molecule is Cn1cc(-c2ccn3c(-c4cc(CC5CCOCC5)nc(-c5ccc(F)cc5F)c4)cnc3c2)cn1. The molecule has 1 aliphatic heterocycles. The lowest BCUT2D eigenvalue weighted by Crippen LogP contribution is -2.18. The van der Waals surface area contributed by atoms with Gasteiger partial charge in [-0.25, -0.2) is 13.8 Å². The van der Waals surface area contributed by atoms with E-state index in [0.717, 1.165) is 72.3 Å². The van der Waals surface area contributed by atoms with Gasteiger partial charge in [0.2, 0.25) is 0 Å². The Bertz CT molecular complexity index is 1550. The third-order valence-corrected chi connectivity index (χ3v) is 6.77. The van der Waals surface area contributed by atoms with Gasteiger partial charge in [0.05, 0.1) is 23.8 Å². The Balaban J connectivity index is 1.44. The molecule has 0 spiro atoms. The van der Waals surface area contributed by atoms with Crippen LogP contribution < -0.4 is 0 Å². The van der Waals surface area contributed by atoms with Gasteiger partial charge in [-0.3, -0.25) is 14.1 Å². The van der Waals surface area contributed by atoms with Crippen LogP contribution in [0.25, 0.3) is 39.3 Å². The van der Waals surface area contributed by atoms with Crippen molar-refractivity contribution in [2.24, 2.45) is 13.0 Å². The summed E-state index contributed by atoms with van der Waals surface area (Å²) in [5.41, 5.74) is 6.23. The molecule has 6 nitrogen and oxygen atoms in total. The minimum atomic E-state index is -0.629. The van der Waals surface area contributed by atoms with E-state index in [-0.39, 0.29) is 5.56 Å². The largest absolute Gasteiger partial charge is 0.381 e. The Morgan fingerprint density at radius 3 is 2.61 bits per heavy atom. The Hall–Kier alpha value is -3.91. The molecule has 36 heavy (non-hydrogen) atoms. The van der Waals surface area contributed by atoms with E-state index in [1.807, 2.05) is 54.4 Å². The quantitative estimate of drug-likeness (QED) is 0.320. The average molecular weight is 486 g/mol. The summed E-state index contributed by atoms with van der Waals surface area (Å²) in [4.78, 5) is 9.43. The normalized spacial score (nSPS) is 14.5. The van der Waals surface area contributed by atoms with Crippen molar-refractivity contribution in [2.45, 2.75) is 19.3 Å². The fourth-order valence-electron chi connectivity index (χ4n) is 4.87. The van der Waals surface area contributed by atoms with Gasteiger partial charge in [-0.2, -0.15) is 5.10 Å². The minimum absolute atomic E-state index is 0.277. The molecular weight excluding hydrogens is 460 g/mol. The van der Waals surface area contributed by atoms with Crippen molar-refractivity contribution in [2.75, 3.05) is 13.2 Å². The third kappa shape index (κ3) is 4.40. The molecule has 1 fully saturated rings. The molecule has 6 rings (SSSR count). The molecule has 5 heterocycles. The van der Waals surface area contributed by atoms with Crippen LogP contribution in [0.3, 0.4) is 0 Å². The average Bonchev–Trinajstić information content (AvgIpc) is 3.50. The van der Waals surface area contributed by atoms with Crippen molar-refractivity contribution in [3.63, 3.8) is 0 Å². The van der Waals surface area contributed by atoms with E-state index in [4.69, 9.17) is 9.72 Å². The number of hydrogen-bond acceptors (Lipinski definition) is 4. The molecule has 0 unspecified atom stereocenters. The zero-order valence-electron chi connectivity index (χ0n) is 19.9. The second kappa shape index (κ2) is 9.28. The van der Waals surface area contributed by atoms with Crippen LogP contribution in [0.5, 0.6) is 0 Å². The smallest absolute Gasteiger partial charge is 0.137 e. The number of ether oxygens (including phenoxy) is 1. The van der Waals surface area contributed by atoms with Crippen LogP contribution in [0, 0.1) is 17.6 Å². The van der Waals surface area contributed by atoms with E-state index < -0.39 is 11.6 Å². The lowest BCUT2D eigenvalue weighted by molar-refractivity contribution is 0.0663. The maximum atomic E-state index is 14.7. The van der Waals surface area contributed by atoms with Crippen molar-refractivity contribution < 1.29 is 13.5 Å². The number of nitrogens with zero attached hydrogens (tertiary/aromatic N) is 5. The first kappa shape index (κ1) is 22.5. The van der Waals surface area contributed by atoms with Crippen molar-refractivity contribution in [1.29, 1.82) is 0 Å². The van der Waals surface area contributed by atoms with Gasteiger partial charge in [0.1, 0.15) is 17.3 Å². The summed E-state index contributed by atoms with van der Waals surface area (Å²) < 4.78 is 37.6. The van der Waals surface area contributed by atoms with Crippen LogP contribution >= 0.6 is 0 Å². The molecule has 182 valence electrons. The van der Waals surface area contributed by atoms with Crippen molar-refractivity contribution in [3.8, 4) is 33.6 Å². The molecule has 1 saturated heterocycles. The van der Waals surface area contributed by atoms with Crippen LogP contribution in [-0.4, -0.2) is 37.4 Å². The molecule has 0 amide bonds. The highest BCUT2D eigenvalue weighted by atomic mass is 19.1. The van der Waals surface area contributed by atoms with E-state index in [2.05, 4.69) is 16.1 Å². The molecule has 1 aromatic carbocycles. The van der Waals surface area contributed by atoms with Crippen molar-refractivity contribution in [3.05, 3.63) is 84.6 Å². The Labute approximate surface area is 207 Å². The summed E-state index contributed by atoms with van der Waals surface area (Å²) in [5.74, 6) is -0.784. The predicted octanol–water partition coefficient (Wildman–Crippen LogP) is 5.71. The molecule has 0 N–H and O–H groups in total. The van der Waals surface area contributed by atoms with Crippen molar-refractivity contribution >= 4 is 5.65 Å². The number of hydrogen-bond donors (Lipinski definition) is 0. The first-order valence-electron chi connectivity index (χ1n) is 12.0. The van der Waals surface area contributed by atoms with E-state index >= 15 is 0 Å². The number of fused-ring (bicyclic) bond motifs is 1. The summed E-state index contributed by atoms with van der Waals surface area (Å²) in [5, 5.41) is 4.26. The predicted molar refractivity (Wildman–Crippen MR) is 133 cm³/mol. The molecule has 0 saturated carbocycles. The van der Waals surface area contributed by atoms with Crippen LogP contribution in [0.2, 0.25) is 0 Å². The molecule has 0 bridgehead atoms. The van der Waals surface area contributed by atoms with E-state index in [9.17, 15) is 8.78 Å². The molecule has 0 radical (unpaired) electrons. The van der Waals surface area contributed by atoms with Gasteiger partial charge in [0.15, 0.2) is 0 Å². The number of imidazole rings is 1. The second-order valence-electron chi connectivity index (χ2n) is 9.31. The van der Waals surface area contributed by atoms with Crippen LogP contribution in [0.1, 0.15) is 18.5 Å². The Kier molecular flexibility index (Phi) is 5.81. The maximum Gasteiger partial charge on any atom is 0.137 e. The lowest BCUT2D eigenvalue weighted by Gasteiger charge is -2.22. The van der Waals surface area contributed by atoms with Gasteiger partial charge in [0.25, 0.3) is 0 Å². The standard InChI is InChI=1S/C28H25F2N5O/c1-34-17-21(15-32-34)19-4-7-35-27(16-31-28(35)13-19)20-11-23(10-18-5-8-36-9-6-18)33-26(12-20)24-3-2-22(29)14-25(24)30/h2-4,7,11-18H,5-6,8-10H2,1H3. The molecule has 1 aliphatic rings. The molecule has 8 heteroatoms. The number of aromatic nitrogens is 5. The zero-order valence-corrected chi connectivity index (χ0v) is 19.9. The van der Waals surface area contributed by atoms with Gasteiger partial charge >= 0.3 is 0 Å². The number of pyridine rings is 2. The highest BCUT2D eigenvalue weighted by Gasteiger charge is 2.19. The lowest BCUT2D eigenvalue weighted by atomic mass is 9.93. The summed E-state index contributed by atoms with van der Waals surface area (Å²) in [7, 11) is 1.89. The maximum absolute atomic E-state index is 14.7. The highest BCUT2D eigenvalue weighted by Crippen LogP contribution is 2.31. The monoisotopic (exact) mass is 485 g/mol.